The molecule has 0 aromatic heterocycles. The maximum absolute atomic E-state index is 13.0. The Morgan fingerprint density at radius 3 is 2.07 bits per heavy atom. The standard InChI is InChI=1S/C22H23N3O4S/c1-16-19(13-8-14-20(16)25(26)27)15-30(28,29)24-22(18-11-6-3-7-12-18)21(23)17-9-4-2-5-10-17/h2-14,21-22,24H,15,23H2,1H3. The van der Waals surface area contributed by atoms with E-state index in [4.69, 9.17) is 5.73 Å². The van der Waals surface area contributed by atoms with Crippen molar-refractivity contribution in [2.45, 2.75) is 24.8 Å². The Labute approximate surface area is 175 Å². The first-order valence-corrected chi connectivity index (χ1v) is 11.0. The summed E-state index contributed by atoms with van der Waals surface area (Å²) in [6.45, 7) is 1.55. The second-order valence-electron chi connectivity index (χ2n) is 7.02. The molecule has 0 fully saturated rings. The summed E-state index contributed by atoms with van der Waals surface area (Å²) in [6, 6.07) is 21.5. The molecule has 0 radical (unpaired) electrons. The lowest BCUT2D eigenvalue weighted by molar-refractivity contribution is -0.385. The molecule has 3 aromatic carbocycles. The summed E-state index contributed by atoms with van der Waals surface area (Å²) in [5, 5.41) is 11.2. The van der Waals surface area contributed by atoms with Crippen LogP contribution in [0.25, 0.3) is 0 Å². The zero-order chi connectivity index (χ0) is 21.7. The van der Waals surface area contributed by atoms with Crippen LogP contribution < -0.4 is 10.5 Å². The molecule has 0 bridgehead atoms. The molecule has 0 saturated carbocycles. The van der Waals surface area contributed by atoms with Gasteiger partial charge in [0.25, 0.3) is 5.69 Å². The molecular formula is C22H23N3O4S. The van der Waals surface area contributed by atoms with E-state index in [2.05, 4.69) is 4.72 Å². The summed E-state index contributed by atoms with van der Waals surface area (Å²) in [5.41, 5.74) is 8.57. The zero-order valence-electron chi connectivity index (χ0n) is 16.4. The lowest BCUT2D eigenvalue weighted by Gasteiger charge is -2.26. The highest BCUT2D eigenvalue weighted by Crippen LogP contribution is 2.29. The third kappa shape index (κ3) is 5.10. The van der Waals surface area contributed by atoms with Gasteiger partial charge in [0, 0.05) is 11.6 Å². The van der Waals surface area contributed by atoms with E-state index < -0.39 is 27.0 Å². The molecule has 0 heterocycles. The molecule has 7 nitrogen and oxygen atoms in total. The predicted molar refractivity (Wildman–Crippen MR) is 116 cm³/mol. The predicted octanol–water partition coefficient (Wildman–Crippen LogP) is 3.76. The van der Waals surface area contributed by atoms with Crippen LogP contribution in [-0.4, -0.2) is 13.3 Å². The summed E-state index contributed by atoms with van der Waals surface area (Å²) >= 11 is 0. The van der Waals surface area contributed by atoms with Crippen LogP contribution >= 0.6 is 0 Å². The maximum atomic E-state index is 13.0. The van der Waals surface area contributed by atoms with Crippen molar-refractivity contribution in [3.8, 4) is 0 Å². The van der Waals surface area contributed by atoms with Crippen LogP contribution in [0.4, 0.5) is 5.69 Å². The first-order chi connectivity index (χ1) is 14.3. The minimum Gasteiger partial charge on any atom is -0.322 e. The number of nitrogens with one attached hydrogen (secondary N) is 1. The number of benzene rings is 3. The number of hydrogen-bond acceptors (Lipinski definition) is 5. The SMILES string of the molecule is Cc1c(CS(=O)(=O)NC(c2ccccc2)C(N)c2ccccc2)cccc1[N+](=O)[O-]. The Kier molecular flexibility index (Phi) is 6.61. The van der Waals surface area contributed by atoms with Crippen molar-refractivity contribution < 1.29 is 13.3 Å². The molecule has 0 spiro atoms. The van der Waals surface area contributed by atoms with Gasteiger partial charge in [-0.3, -0.25) is 10.1 Å². The first kappa shape index (κ1) is 21.6. The van der Waals surface area contributed by atoms with Gasteiger partial charge in [-0.15, -0.1) is 0 Å². The van der Waals surface area contributed by atoms with Gasteiger partial charge >= 0.3 is 0 Å². The summed E-state index contributed by atoms with van der Waals surface area (Å²) in [7, 11) is -3.85. The fourth-order valence-electron chi connectivity index (χ4n) is 3.34. The fourth-order valence-corrected chi connectivity index (χ4v) is 4.82. The summed E-state index contributed by atoms with van der Waals surface area (Å²) in [6.07, 6.45) is 0. The normalized spacial score (nSPS) is 13.5. The molecule has 156 valence electrons. The molecule has 2 atom stereocenters. The minimum absolute atomic E-state index is 0.108. The molecule has 2 unspecified atom stereocenters. The number of nitro benzene ring substituents is 1. The molecular weight excluding hydrogens is 402 g/mol. The molecule has 30 heavy (non-hydrogen) atoms. The summed E-state index contributed by atoms with van der Waals surface area (Å²) < 4.78 is 28.7. The van der Waals surface area contributed by atoms with Crippen LogP contribution in [0, 0.1) is 17.0 Å². The van der Waals surface area contributed by atoms with E-state index in [9.17, 15) is 18.5 Å². The Hall–Kier alpha value is -3.07. The molecule has 8 heteroatoms. The number of nitrogens with zero attached hydrogens (tertiary/aromatic N) is 1. The summed E-state index contributed by atoms with van der Waals surface area (Å²) in [4.78, 5) is 10.7. The van der Waals surface area contributed by atoms with Crippen molar-refractivity contribution in [1.29, 1.82) is 0 Å². The molecule has 0 amide bonds. The monoisotopic (exact) mass is 425 g/mol. The largest absolute Gasteiger partial charge is 0.322 e. The van der Waals surface area contributed by atoms with Crippen LogP contribution in [0.3, 0.4) is 0 Å². The minimum atomic E-state index is -3.85. The Bertz CT molecular complexity index is 1120. The molecule has 3 N–H and O–H groups in total. The van der Waals surface area contributed by atoms with E-state index in [-0.39, 0.29) is 11.4 Å². The van der Waals surface area contributed by atoms with Gasteiger partial charge in [0.1, 0.15) is 0 Å². The van der Waals surface area contributed by atoms with Gasteiger partial charge in [-0.25, -0.2) is 13.1 Å². The van der Waals surface area contributed by atoms with Gasteiger partial charge in [-0.2, -0.15) is 0 Å². The van der Waals surface area contributed by atoms with E-state index in [1.165, 1.54) is 12.1 Å². The highest BCUT2D eigenvalue weighted by Gasteiger charge is 2.27. The average Bonchev–Trinajstić information content (AvgIpc) is 2.74. The van der Waals surface area contributed by atoms with Gasteiger partial charge in [0.05, 0.1) is 22.8 Å². The second-order valence-corrected chi connectivity index (χ2v) is 8.77. The Morgan fingerprint density at radius 2 is 1.50 bits per heavy atom. The number of rotatable bonds is 8. The highest BCUT2D eigenvalue weighted by atomic mass is 32.2. The Balaban J connectivity index is 1.92. The second kappa shape index (κ2) is 9.17. The molecule has 0 saturated heterocycles. The van der Waals surface area contributed by atoms with Gasteiger partial charge in [-0.1, -0.05) is 72.8 Å². The third-order valence-electron chi connectivity index (χ3n) is 4.97. The van der Waals surface area contributed by atoms with E-state index in [0.29, 0.717) is 11.1 Å². The molecule has 3 rings (SSSR count). The van der Waals surface area contributed by atoms with Crippen molar-refractivity contribution in [2.24, 2.45) is 5.73 Å². The molecule has 0 aliphatic carbocycles. The van der Waals surface area contributed by atoms with Crippen LogP contribution in [-0.2, 0) is 15.8 Å². The number of hydrogen-bond donors (Lipinski definition) is 2. The smallest absolute Gasteiger partial charge is 0.272 e. The van der Waals surface area contributed by atoms with Crippen LogP contribution in [0.1, 0.15) is 34.3 Å². The number of sulfonamides is 1. The lowest BCUT2D eigenvalue weighted by Crippen LogP contribution is -2.36. The van der Waals surface area contributed by atoms with Gasteiger partial charge < -0.3 is 5.73 Å². The average molecular weight is 426 g/mol. The van der Waals surface area contributed by atoms with E-state index in [1.54, 1.807) is 13.0 Å². The van der Waals surface area contributed by atoms with E-state index in [1.807, 2.05) is 60.7 Å². The van der Waals surface area contributed by atoms with Crippen LogP contribution in [0.5, 0.6) is 0 Å². The zero-order valence-corrected chi connectivity index (χ0v) is 17.2. The van der Waals surface area contributed by atoms with Gasteiger partial charge in [0.2, 0.25) is 10.0 Å². The fraction of sp³-hybridized carbons (Fsp3) is 0.182. The van der Waals surface area contributed by atoms with E-state index >= 15 is 0 Å². The first-order valence-electron chi connectivity index (χ1n) is 9.37. The third-order valence-corrected chi connectivity index (χ3v) is 6.27. The van der Waals surface area contributed by atoms with Crippen LogP contribution in [0.2, 0.25) is 0 Å². The van der Waals surface area contributed by atoms with Crippen LogP contribution in [0.15, 0.2) is 78.9 Å². The van der Waals surface area contributed by atoms with Crippen molar-refractivity contribution in [2.75, 3.05) is 0 Å². The molecule has 0 aliphatic rings. The number of nitro groups is 1. The Morgan fingerprint density at radius 1 is 0.933 bits per heavy atom. The molecule has 3 aromatic rings. The van der Waals surface area contributed by atoms with Crippen molar-refractivity contribution in [3.05, 3.63) is 111 Å². The maximum Gasteiger partial charge on any atom is 0.272 e. The molecule has 0 aliphatic heterocycles. The summed E-state index contributed by atoms with van der Waals surface area (Å²) in [5.74, 6) is -0.384. The topological polar surface area (TPSA) is 115 Å². The van der Waals surface area contributed by atoms with E-state index in [0.717, 1.165) is 11.1 Å². The van der Waals surface area contributed by atoms with Crippen molar-refractivity contribution >= 4 is 15.7 Å². The number of nitrogens with two attached hydrogens (primary N) is 1. The van der Waals surface area contributed by atoms with Gasteiger partial charge in [0.15, 0.2) is 0 Å². The highest BCUT2D eigenvalue weighted by molar-refractivity contribution is 7.88. The van der Waals surface area contributed by atoms with Crippen molar-refractivity contribution in [1.82, 2.24) is 4.72 Å². The van der Waals surface area contributed by atoms with Crippen molar-refractivity contribution in [3.63, 3.8) is 0 Å². The lowest BCUT2D eigenvalue weighted by atomic mass is 9.95. The van der Waals surface area contributed by atoms with Gasteiger partial charge in [-0.05, 0) is 23.6 Å². The quantitative estimate of drug-likeness (QED) is 0.421.